The monoisotopic (exact) mass is 420 g/mol. The fraction of sp³-hybridized carbons (Fsp3) is 0.143. The van der Waals surface area contributed by atoms with Crippen molar-refractivity contribution in [2.45, 2.75) is 26.2 Å². The number of hydrogen-bond donors (Lipinski definition) is 0. The van der Waals surface area contributed by atoms with Gasteiger partial charge in [0, 0.05) is 5.56 Å². The molecule has 0 bridgehead atoms. The molecule has 0 spiro atoms. The van der Waals surface area contributed by atoms with E-state index < -0.39 is 16.1 Å². The van der Waals surface area contributed by atoms with Gasteiger partial charge >= 0.3 is 0 Å². The van der Waals surface area contributed by atoms with Crippen molar-refractivity contribution in [1.82, 2.24) is 0 Å². The van der Waals surface area contributed by atoms with Gasteiger partial charge in [-0.05, 0) is 34.4 Å². The van der Waals surface area contributed by atoms with Crippen LogP contribution in [-0.4, -0.2) is 16.1 Å². The van der Waals surface area contributed by atoms with Crippen molar-refractivity contribution in [2.75, 3.05) is 0 Å². The molecule has 1 aliphatic heterocycles. The Kier molecular flexibility index (Phi) is 5.51. The summed E-state index contributed by atoms with van der Waals surface area (Å²) in [5.41, 5.74) is 13.0. The summed E-state index contributed by atoms with van der Waals surface area (Å²) in [7, 11) is -3.74. The largest absolute Gasteiger partial charge is 0.156 e. The van der Waals surface area contributed by atoms with Gasteiger partial charge in [0.15, 0.2) is 8.07 Å². The highest BCUT2D eigenvalue weighted by Gasteiger charge is 2.43. The highest BCUT2D eigenvalue weighted by molar-refractivity contribution is 7.13. The van der Waals surface area contributed by atoms with E-state index in [1.807, 2.05) is 6.07 Å². The Bertz CT molecular complexity index is 1160. The van der Waals surface area contributed by atoms with Gasteiger partial charge in [-0.15, -0.1) is 5.54 Å². The van der Waals surface area contributed by atoms with Crippen LogP contribution < -0.4 is 0 Å². The number of rotatable bonds is 3. The minimum Gasteiger partial charge on any atom is -0.121 e. The van der Waals surface area contributed by atoms with Crippen LogP contribution >= 0.6 is 0 Å². The molecule has 4 rings (SSSR count). The highest BCUT2D eigenvalue weighted by Crippen LogP contribution is 2.47. The summed E-state index contributed by atoms with van der Waals surface area (Å²) >= 11 is 0. The molecule has 0 N–H and O–H groups in total. The molecule has 0 aliphatic carbocycles. The Morgan fingerprint density at radius 1 is 0.667 bits per heavy atom. The van der Waals surface area contributed by atoms with Crippen LogP contribution in [0.1, 0.15) is 16.7 Å². The van der Waals surface area contributed by atoms with Crippen molar-refractivity contribution < 1.29 is 0 Å². The van der Waals surface area contributed by atoms with Crippen molar-refractivity contribution in [3.8, 4) is 11.5 Å². The summed E-state index contributed by atoms with van der Waals surface area (Å²) in [6, 6.07) is 32.2. The quantitative estimate of drug-likeness (QED) is 0.311. The van der Waals surface area contributed by atoms with Crippen LogP contribution in [0.4, 0.5) is 0 Å². The molecule has 0 nitrogen and oxygen atoms in total. The van der Waals surface area contributed by atoms with E-state index in [0.717, 1.165) is 5.56 Å². The predicted molar refractivity (Wildman–Crippen MR) is 136 cm³/mol. The Labute approximate surface area is 183 Å². The maximum Gasteiger partial charge on any atom is 0.156 e. The lowest BCUT2D eigenvalue weighted by atomic mass is 9.95. The zero-order chi connectivity index (χ0) is 21.2. The highest BCUT2D eigenvalue weighted by atomic mass is 28.4. The van der Waals surface area contributed by atoms with Gasteiger partial charge in [-0.25, -0.2) is 0 Å². The third-order valence-corrected chi connectivity index (χ3v) is 14.3. The Hall–Kier alpha value is -2.87. The van der Waals surface area contributed by atoms with Crippen molar-refractivity contribution in [2.24, 2.45) is 0 Å². The molecule has 0 atom stereocenters. The van der Waals surface area contributed by atoms with E-state index in [2.05, 4.69) is 128 Å². The van der Waals surface area contributed by atoms with E-state index in [-0.39, 0.29) is 0 Å². The van der Waals surface area contributed by atoms with Crippen molar-refractivity contribution in [1.29, 1.82) is 0 Å². The van der Waals surface area contributed by atoms with Crippen molar-refractivity contribution in [3.63, 3.8) is 0 Å². The van der Waals surface area contributed by atoms with Crippen LogP contribution in [0.5, 0.6) is 0 Å². The third kappa shape index (κ3) is 4.05. The van der Waals surface area contributed by atoms with Crippen LogP contribution in [-0.2, 0) is 0 Å². The van der Waals surface area contributed by atoms with Crippen LogP contribution in [0.25, 0.3) is 11.1 Å². The fourth-order valence-corrected chi connectivity index (χ4v) is 15.1. The second-order valence-electron chi connectivity index (χ2n) is 9.00. The minimum atomic E-state index is -1.98. The van der Waals surface area contributed by atoms with Gasteiger partial charge in [0.2, 0.25) is 0 Å². The molecule has 0 saturated carbocycles. The van der Waals surface area contributed by atoms with Gasteiger partial charge in [0.1, 0.15) is 0 Å². The molecular weight excluding hydrogens is 392 g/mol. The van der Waals surface area contributed by atoms with E-state index in [1.165, 1.54) is 22.3 Å². The van der Waals surface area contributed by atoms with Gasteiger partial charge in [-0.2, -0.15) is 0 Å². The summed E-state index contributed by atoms with van der Waals surface area (Å²) in [6.45, 7) is 9.83. The molecule has 1 heterocycles. The molecule has 30 heavy (non-hydrogen) atoms. The Morgan fingerprint density at radius 3 is 1.73 bits per heavy atom. The summed E-state index contributed by atoms with van der Waals surface area (Å²) in [5.74, 6) is 3.50. The molecule has 2 heteroatoms. The molecule has 1 aliphatic rings. The first-order valence-electron chi connectivity index (χ1n) is 10.6. The average molecular weight is 421 g/mol. The first-order chi connectivity index (χ1) is 14.4. The van der Waals surface area contributed by atoms with Gasteiger partial charge in [-0.1, -0.05) is 121 Å². The van der Waals surface area contributed by atoms with Crippen LogP contribution in [0, 0.1) is 11.5 Å². The molecule has 0 fully saturated rings. The minimum absolute atomic E-state index is 1.11. The van der Waals surface area contributed by atoms with Gasteiger partial charge in [0.05, 0.1) is 8.07 Å². The number of benzene rings is 3. The van der Waals surface area contributed by atoms with E-state index in [9.17, 15) is 0 Å². The molecule has 3 aromatic carbocycles. The number of allylic oxidation sites excluding steroid dienone is 2. The zero-order valence-corrected chi connectivity index (χ0v) is 20.2. The molecule has 148 valence electrons. The number of hydrogen-bond acceptors (Lipinski definition) is 0. The molecular formula is C28H28Si2. The van der Waals surface area contributed by atoms with E-state index in [0.29, 0.717) is 0 Å². The maximum absolute atomic E-state index is 3.78. The first-order valence-corrected chi connectivity index (χ1v) is 16.6. The van der Waals surface area contributed by atoms with Crippen molar-refractivity contribution in [3.05, 3.63) is 118 Å². The van der Waals surface area contributed by atoms with Crippen molar-refractivity contribution >= 4 is 27.3 Å². The smallest absolute Gasteiger partial charge is 0.121 e. The maximum atomic E-state index is 3.78. The van der Waals surface area contributed by atoms with Crippen LogP contribution in [0.3, 0.4) is 0 Å². The average Bonchev–Trinajstić information content (AvgIpc) is 3.06. The van der Waals surface area contributed by atoms with Crippen LogP contribution in [0.2, 0.25) is 26.2 Å². The second-order valence-corrected chi connectivity index (χ2v) is 17.7. The van der Waals surface area contributed by atoms with Gasteiger partial charge in [-0.3, -0.25) is 0 Å². The third-order valence-electron chi connectivity index (χ3n) is 5.73. The van der Waals surface area contributed by atoms with Crippen LogP contribution in [0.15, 0.2) is 102 Å². The zero-order valence-electron chi connectivity index (χ0n) is 18.2. The summed E-state index contributed by atoms with van der Waals surface area (Å²) in [4.78, 5) is 1.66. The SMILES string of the molecule is C[Si](C)(C#Cc1ccccc1)C1=C(c2ccccc2)C(c2ccccc2)=C[Si]1(C)C. The normalized spacial score (nSPS) is 15.4. The second kappa shape index (κ2) is 8.10. The van der Waals surface area contributed by atoms with Gasteiger partial charge in [0.25, 0.3) is 0 Å². The fourth-order valence-electron chi connectivity index (χ4n) is 4.64. The Balaban J connectivity index is 1.93. The predicted octanol–water partition coefficient (Wildman–Crippen LogP) is 7.16. The lowest BCUT2D eigenvalue weighted by Gasteiger charge is -2.30. The molecule has 0 amide bonds. The van der Waals surface area contributed by atoms with E-state index >= 15 is 0 Å². The summed E-state index contributed by atoms with van der Waals surface area (Å²) < 4.78 is 0. The molecule has 0 unspecified atom stereocenters. The Morgan fingerprint density at radius 2 is 1.17 bits per heavy atom. The molecule has 0 radical (unpaired) electrons. The molecule has 3 aromatic rings. The first kappa shape index (κ1) is 20.4. The standard InChI is InChI=1S/C28H28Si2/c1-29(2,21-20-23-14-8-5-9-15-23)28-27(25-18-12-7-13-19-25)26(22-30(28,3)4)24-16-10-6-11-17-24/h5-19,22H,1-4H3. The lowest BCUT2D eigenvalue weighted by molar-refractivity contribution is 1.59. The van der Waals surface area contributed by atoms with Gasteiger partial charge < -0.3 is 0 Å². The topological polar surface area (TPSA) is 0 Å². The van der Waals surface area contributed by atoms with E-state index in [4.69, 9.17) is 0 Å². The molecule has 0 aromatic heterocycles. The lowest BCUT2D eigenvalue weighted by Crippen LogP contribution is -2.41. The summed E-state index contributed by atoms with van der Waals surface area (Å²) in [6.07, 6.45) is 0. The van der Waals surface area contributed by atoms with E-state index in [1.54, 1.807) is 4.82 Å². The summed E-state index contributed by atoms with van der Waals surface area (Å²) in [5, 5.41) is 0. The molecule has 0 saturated heterocycles.